The number of aromatic nitrogens is 2. The average molecular weight is 182 g/mol. The summed E-state index contributed by atoms with van der Waals surface area (Å²) in [4.78, 5) is 0. The van der Waals surface area contributed by atoms with Crippen molar-refractivity contribution in [2.75, 3.05) is 6.61 Å². The van der Waals surface area contributed by atoms with Crippen molar-refractivity contribution < 1.29 is 9.84 Å². The van der Waals surface area contributed by atoms with Crippen LogP contribution in [0, 0.1) is 0 Å². The minimum Gasteiger partial charge on any atom is -0.381 e. The molecule has 4 nitrogen and oxygen atoms in total. The van der Waals surface area contributed by atoms with Gasteiger partial charge in [-0.15, -0.1) is 0 Å². The second-order valence-corrected chi connectivity index (χ2v) is 3.56. The Morgan fingerprint density at radius 1 is 1.77 bits per heavy atom. The summed E-state index contributed by atoms with van der Waals surface area (Å²) in [5, 5.41) is 14.4. The van der Waals surface area contributed by atoms with Gasteiger partial charge in [-0.05, 0) is 13.0 Å². The Morgan fingerprint density at radius 3 is 3.00 bits per heavy atom. The Hall–Kier alpha value is -0.870. The molecule has 0 aromatic carbocycles. The lowest BCUT2D eigenvalue weighted by molar-refractivity contribution is -0.0350. The smallest absolute Gasteiger partial charge is 0.136 e. The molecule has 0 aliphatic carbocycles. The van der Waals surface area contributed by atoms with Gasteiger partial charge in [-0.1, -0.05) is 0 Å². The first-order chi connectivity index (χ1) is 6.13. The molecule has 2 heterocycles. The van der Waals surface area contributed by atoms with Crippen LogP contribution in [0.5, 0.6) is 0 Å². The van der Waals surface area contributed by atoms with E-state index in [4.69, 9.17) is 4.74 Å². The summed E-state index contributed by atoms with van der Waals surface area (Å²) in [5.41, 5.74) is -0.179. The molecule has 13 heavy (non-hydrogen) atoms. The largest absolute Gasteiger partial charge is 0.381 e. The third-order valence-electron chi connectivity index (χ3n) is 2.68. The lowest BCUT2D eigenvalue weighted by Crippen LogP contribution is -2.33. The fourth-order valence-corrected chi connectivity index (χ4v) is 1.71. The molecule has 1 aliphatic rings. The number of aliphatic hydroxyl groups is 1. The van der Waals surface area contributed by atoms with E-state index < -0.39 is 5.60 Å². The summed E-state index contributed by atoms with van der Waals surface area (Å²) in [6.45, 7) is 2.48. The van der Waals surface area contributed by atoms with Crippen molar-refractivity contribution in [1.82, 2.24) is 9.78 Å². The van der Waals surface area contributed by atoms with Crippen LogP contribution in [0.1, 0.15) is 19.0 Å². The van der Waals surface area contributed by atoms with Crippen LogP contribution in [0.15, 0.2) is 12.3 Å². The highest BCUT2D eigenvalue weighted by atomic mass is 16.5. The van der Waals surface area contributed by atoms with Crippen LogP contribution in [0.25, 0.3) is 0 Å². The standard InChI is InChI=1S/C9H14N2O2/c1-7-9(12,4-6-13-7)8-3-5-11(2)10-8/h3,5,7,12H,4,6H2,1-2H3. The predicted octanol–water partition coefficient (Wildman–Crippen LogP) is 0.416. The Morgan fingerprint density at radius 2 is 2.54 bits per heavy atom. The van der Waals surface area contributed by atoms with E-state index in [1.54, 1.807) is 4.68 Å². The highest BCUT2D eigenvalue weighted by Gasteiger charge is 2.42. The Balaban J connectivity index is 2.33. The van der Waals surface area contributed by atoms with Crippen LogP contribution >= 0.6 is 0 Å². The molecule has 1 aromatic heterocycles. The summed E-state index contributed by atoms with van der Waals surface area (Å²) in [7, 11) is 1.84. The van der Waals surface area contributed by atoms with Gasteiger partial charge >= 0.3 is 0 Å². The number of ether oxygens (including phenoxy) is 1. The van der Waals surface area contributed by atoms with Gasteiger partial charge < -0.3 is 9.84 Å². The van der Waals surface area contributed by atoms with Gasteiger partial charge in [-0.25, -0.2) is 0 Å². The highest BCUT2D eigenvalue weighted by molar-refractivity contribution is 5.14. The molecule has 0 saturated carbocycles. The van der Waals surface area contributed by atoms with Crippen molar-refractivity contribution >= 4 is 0 Å². The number of rotatable bonds is 1. The van der Waals surface area contributed by atoms with Gasteiger partial charge in [0.15, 0.2) is 0 Å². The quantitative estimate of drug-likeness (QED) is 0.684. The number of nitrogens with zero attached hydrogens (tertiary/aromatic N) is 2. The topological polar surface area (TPSA) is 47.3 Å². The molecule has 1 aromatic rings. The lowest BCUT2D eigenvalue weighted by atomic mass is 9.93. The van der Waals surface area contributed by atoms with Crippen molar-refractivity contribution in [1.29, 1.82) is 0 Å². The van der Waals surface area contributed by atoms with Crippen LogP contribution in [0.3, 0.4) is 0 Å². The van der Waals surface area contributed by atoms with Crippen LogP contribution in [0.2, 0.25) is 0 Å². The fourth-order valence-electron chi connectivity index (χ4n) is 1.71. The van der Waals surface area contributed by atoms with Gasteiger partial charge in [0, 0.05) is 19.7 Å². The van der Waals surface area contributed by atoms with E-state index in [0.29, 0.717) is 18.7 Å². The van der Waals surface area contributed by atoms with Crippen molar-refractivity contribution in [3.05, 3.63) is 18.0 Å². The van der Waals surface area contributed by atoms with Gasteiger partial charge in [0.1, 0.15) is 5.60 Å². The molecule has 2 atom stereocenters. The van der Waals surface area contributed by atoms with Crippen LogP contribution in [0.4, 0.5) is 0 Å². The van der Waals surface area contributed by atoms with E-state index in [2.05, 4.69) is 5.10 Å². The average Bonchev–Trinajstić information content (AvgIpc) is 2.62. The Labute approximate surface area is 77.1 Å². The maximum Gasteiger partial charge on any atom is 0.136 e. The number of hydrogen-bond acceptors (Lipinski definition) is 3. The Bertz CT molecular complexity index is 310. The van der Waals surface area contributed by atoms with Crippen molar-refractivity contribution in [3.8, 4) is 0 Å². The number of hydrogen-bond donors (Lipinski definition) is 1. The molecule has 2 unspecified atom stereocenters. The maximum atomic E-state index is 10.2. The zero-order valence-electron chi connectivity index (χ0n) is 7.90. The predicted molar refractivity (Wildman–Crippen MR) is 47.1 cm³/mol. The summed E-state index contributed by atoms with van der Waals surface area (Å²) in [5.74, 6) is 0. The van der Waals surface area contributed by atoms with Gasteiger partial charge in [0.05, 0.1) is 18.4 Å². The van der Waals surface area contributed by atoms with Gasteiger partial charge in [-0.3, -0.25) is 4.68 Å². The first-order valence-electron chi connectivity index (χ1n) is 4.47. The summed E-state index contributed by atoms with van der Waals surface area (Å²) in [6.07, 6.45) is 2.30. The molecule has 0 amide bonds. The first-order valence-corrected chi connectivity index (χ1v) is 4.47. The third kappa shape index (κ3) is 1.26. The minimum atomic E-state index is -0.888. The molecule has 1 N–H and O–H groups in total. The molecule has 0 bridgehead atoms. The summed E-state index contributed by atoms with van der Waals surface area (Å²) in [6, 6.07) is 1.84. The van der Waals surface area contributed by atoms with E-state index >= 15 is 0 Å². The maximum absolute atomic E-state index is 10.2. The van der Waals surface area contributed by atoms with E-state index in [0.717, 1.165) is 0 Å². The van der Waals surface area contributed by atoms with Crippen LogP contribution in [-0.4, -0.2) is 27.6 Å². The van der Waals surface area contributed by atoms with Crippen LogP contribution < -0.4 is 0 Å². The molecule has 0 spiro atoms. The second kappa shape index (κ2) is 2.82. The SMILES string of the molecule is CC1OCCC1(O)c1ccn(C)n1. The van der Waals surface area contributed by atoms with E-state index in [9.17, 15) is 5.11 Å². The van der Waals surface area contributed by atoms with E-state index in [1.807, 2.05) is 26.2 Å². The summed E-state index contributed by atoms with van der Waals surface area (Å²) < 4.78 is 7.03. The molecule has 1 aliphatic heterocycles. The molecule has 2 rings (SSSR count). The van der Waals surface area contributed by atoms with E-state index in [-0.39, 0.29) is 6.10 Å². The van der Waals surface area contributed by atoms with Crippen molar-refractivity contribution in [2.45, 2.75) is 25.0 Å². The minimum absolute atomic E-state index is 0.164. The zero-order valence-corrected chi connectivity index (χ0v) is 7.90. The monoisotopic (exact) mass is 182 g/mol. The third-order valence-corrected chi connectivity index (χ3v) is 2.68. The lowest BCUT2D eigenvalue weighted by Gasteiger charge is -2.23. The molecule has 1 saturated heterocycles. The molecule has 1 fully saturated rings. The fraction of sp³-hybridized carbons (Fsp3) is 0.667. The zero-order chi connectivity index (χ0) is 9.47. The molecular formula is C9H14N2O2. The van der Waals surface area contributed by atoms with Crippen molar-refractivity contribution in [3.63, 3.8) is 0 Å². The second-order valence-electron chi connectivity index (χ2n) is 3.56. The highest BCUT2D eigenvalue weighted by Crippen LogP contribution is 2.34. The molecular weight excluding hydrogens is 168 g/mol. The normalized spacial score (nSPS) is 33.9. The van der Waals surface area contributed by atoms with Crippen molar-refractivity contribution in [2.24, 2.45) is 7.05 Å². The van der Waals surface area contributed by atoms with Gasteiger partial charge in [0.25, 0.3) is 0 Å². The van der Waals surface area contributed by atoms with Crippen LogP contribution in [-0.2, 0) is 17.4 Å². The summed E-state index contributed by atoms with van der Waals surface area (Å²) >= 11 is 0. The first kappa shape index (κ1) is 8.72. The molecule has 72 valence electrons. The van der Waals surface area contributed by atoms with Gasteiger partial charge in [0.2, 0.25) is 0 Å². The number of aryl methyl sites for hydroxylation is 1. The molecule has 0 radical (unpaired) electrons. The Kier molecular flexibility index (Phi) is 1.89. The van der Waals surface area contributed by atoms with E-state index in [1.165, 1.54) is 0 Å². The molecule has 4 heteroatoms. The van der Waals surface area contributed by atoms with Gasteiger partial charge in [-0.2, -0.15) is 5.10 Å².